The molecule has 4 rings (SSSR count). The van der Waals surface area contributed by atoms with Crippen LogP contribution < -0.4 is 9.04 Å². The van der Waals surface area contributed by atoms with E-state index in [0.717, 1.165) is 17.7 Å². The summed E-state index contributed by atoms with van der Waals surface area (Å²) in [5, 5.41) is 4.91. The van der Waals surface area contributed by atoms with Crippen molar-refractivity contribution in [3.05, 3.63) is 63.5 Å². The quantitative estimate of drug-likeness (QED) is 0.285. The Morgan fingerprint density at radius 1 is 1.35 bits per heavy atom. The first kappa shape index (κ1) is 24.6. The van der Waals surface area contributed by atoms with Gasteiger partial charge in [-0.3, -0.25) is 18.0 Å². The number of nitrogens with zero attached hydrogens (tertiary/aromatic N) is 4. The zero-order valence-corrected chi connectivity index (χ0v) is 21.3. The van der Waals surface area contributed by atoms with Crippen molar-refractivity contribution in [1.82, 2.24) is 14.8 Å². The minimum Gasteiger partial charge on any atom is -0.755 e. The average molecular weight is 569 g/mol. The molecule has 2 unspecified atom stereocenters. The number of aromatic nitrogens is 3. The van der Waals surface area contributed by atoms with E-state index >= 15 is 0 Å². The molecule has 1 aromatic carbocycles. The van der Waals surface area contributed by atoms with Crippen LogP contribution in [0.2, 0.25) is 5.02 Å². The summed E-state index contributed by atoms with van der Waals surface area (Å²) in [5.41, 5.74) is 1.96. The van der Waals surface area contributed by atoms with Crippen molar-refractivity contribution in [2.24, 2.45) is 0 Å². The summed E-state index contributed by atoms with van der Waals surface area (Å²) in [5.74, 6) is 0.444. The van der Waals surface area contributed by atoms with Gasteiger partial charge in [0.1, 0.15) is 12.3 Å². The first-order valence-corrected chi connectivity index (χ1v) is 12.8. The second-order valence-corrected chi connectivity index (χ2v) is 9.62. The highest BCUT2D eigenvalue weighted by Crippen LogP contribution is 2.39. The largest absolute Gasteiger partial charge is 0.755 e. The van der Waals surface area contributed by atoms with Gasteiger partial charge in [-0.15, -0.1) is 0 Å². The molecule has 180 valence electrons. The van der Waals surface area contributed by atoms with E-state index in [1.54, 1.807) is 48.1 Å². The molecule has 2 atom stereocenters. The number of hydrogen-bond acceptors (Lipinski definition) is 7. The molecule has 1 aliphatic rings. The molecule has 0 fully saturated rings. The highest BCUT2D eigenvalue weighted by molar-refractivity contribution is 9.10. The van der Waals surface area contributed by atoms with Crippen molar-refractivity contribution in [2.45, 2.75) is 38.8 Å². The highest BCUT2D eigenvalue weighted by atomic mass is 79.9. The fourth-order valence-electron chi connectivity index (χ4n) is 3.90. The van der Waals surface area contributed by atoms with Gasteiger partial charge in [0.2, 0.25) is 5.88 Å². The van der Waals surface area contributed by atoms with E-state index in [4.69, 9.17) is 21.1 Å². The van der Waals surface area contributed by atoms with E-state index in [2.05, 4.69) is 26.0 Å². The smallest absolute Gasteiger partial charge is 0.327 e. The summed E-state index contributed by atoms with van der Waals surface area (Å²) in [7, 11) is 0. The van der Waals surface area contributed by atoms with E-state index in [1.165, 1.54) is 10.5 Å². The molecule has 3 aromatic rings. The second-order valence-electron chi connectivity index (χ2n) is 7.50. The number of ether oxygens (including phenoxy) is 2. The third kappa shape index (κ3) is 5.43. The lowest BCUT2D eigenvalue weighted by Crippen LogP contribution is -2.33. The molecule has 12 heteroatoms. The van der Waals surface area contributed by atoms with E-state index < -0.39 is 17.3 Å². The number of carbonyl (C=O) groups excluding carboxylic acids is 1. The lowest BCUT2D eigenvalue weighted by molar-refractivity contribution is -0.144. The van der Waals surface area contributed by atoms with Gasteiger partial charge in [0, 0.05) is 27.5 Å². The molecule has 0 aliphatic heterocycles. The number of anilines is 1. The maximum absolute atomic E-state index is 12.3. The molecular weight excluding hydrogens is 548 g/mol. The fourth-order valence-corrected chi connectivity index (χ4v) is 5.14. The first-order valence-electron chi connectivity index (χ1n) is 10.5. The molecule has 0 N–H and O–H groups in total. The van der Waals surface area contributed by atoms with Crippen molar-refractivity contribution in [3.8, 4) is 11.6 Å². The molecular formula is C22H21BrClN4O5S-. The lowest BCUT2D eigenvalue weighted by atomic mass is 9.92. The highest BCUT2D eigenvalue weighted by Gasteiger charge is 2.31. The van der Waals surface area contributed by atoms with E-state index in [0.29, 0.717) is 33.8 Å². The van der Waals surface area contributed by atoms with Crippen molar-refractivity contribution in [3.63, 3.8) is 0 Å². The van der Waals surface area contributed by atoms with Gasteiger partial charge in [-0.2, -0.15) is 5.10 Å². The van der Waals surface area contributed by atoms with Gasteiger partial charge in [-0.25, -0.2) is 4.98 Å². The van der Waals surface area contributed by atoms with Gasteiger partial charge in [-0.05, 0) is 72.4 Å². The van der Waals surface area contributed by atoms with Crippen LogP contribution in [-0.4, -0.2) is 36.1 Å². The minimum absolute atomic E-state index is 0.0137. The Morgan fingerprint density at radius 3 is 2.79 bits per heavy atom. The average Bonchev–Trinajstić information content (AvgIpc) is 3.20. The Balaban J connectivity index is 1.60. The number of carbonyl (C=O) groups is 1. The molecule has 34 heavy (non-hydrogen) atoms. The Bertz CT molecular complexity index is 1210. The van der Waals surface area contributed by atoms with E-state index in [1.807, 2.05) is 0 Å². The SMILES string of the molecule is CCOC(=O)Cn1ncc2c1CCCC2N(c1cnc(Oc2ccc(Cl)cc2)c(Br)c1)S(=O)[O-]. The summed E-state index contributed by atoms with van der Waals surface area (Å²) in [6.45, 7) is 2.01. The van der Waals surface area contributed by atoms with Crippen LogP contribution in [0.25, 0.3) is 0 Å². The lowest BCUT2D eigenvalue weighted by Gasteiger charge is -2.36. The van der Waals surface area contributed by atoms with Gasteiger partial charge < -0.3 is 14.0 Å². The number of esters is 1. The third-order valence-corrected chi connectivity index (χ3v) is 6.94. The van der Waals surface area contributed by atoms with E-state index in [9.17, 15) is 13.6 Å². The zero-order chi connectivity index (χ0) is 24.2. The molecule has 0 saturated carbocycles. The predicted molar refractivity (Wildman–Crippen MR) is 129 cm³/mol. The van der Waals surface area contributed by atoms with Gasteiger partial charge in [0.25, 0.3) is 0 Å². The van der Waals surface area contributed by atoms with Gasteiger partial charge in [0.15, 0.2) is 0 Å². The zero-order valence-electron chi connectivity index (χ0n) is 18.1. The van der Waals surface area contributed by atoms with Crippen LogP contribution in [0, 0.1) is 0 Å². The number of rotatable bonds is 8. The third-order valence-electron chi connectivity index (χ3n) is 5.33. The monoisotopic (exact) mass is 567 g/mol. The second kappa shape index (κ2) is 10.9. The molecule has 0 amide bonds. The van der Waals surface area contributed by atoms with Crippen LogP contribution in [0.1, 0.15) is 37.1 Å². The van der Waals surface area contributed by atoms with Gasteiger partial charge in [-0.1, -0.05) is 11.6 Å². The summed E-state index contributed by atoms with van der Waals surface area (Å²) >= 11 is 6.76. The van der Waals surface area contributed by atoms with Gasteiger partial charge >= 0.3 is 5.97 Å². The number of fused-ring (bicyclic) bond motifs is 1. The number of hydrogen-bond donors (Lipinski definition) is 0. The standard InChI is InChI=1S/C22H22BrClN4O5S/c1-2-32-21(29)13-27-19-4-3-5-20(17(19)12-26-27)28(34(30)31)15-10-18(23)22(25-11-15)33-16-8-6-14(24)7-9-16/h6-12,20H,2-5,13H2,1H3,(H,30,31)/p-1. The van der Waals surface area contributed by atoms with Crippen LogP contribution in [0.5, 0.6) is 11.6 Å². The first-order chi connectivity index (χ1) is 16.4. The van der Waals surface area contributed by atoms with Crippen LogP contribution >= 0.6 is 27.5 Å². The van der Waals surface area contributed by atoms with Crippen LogP contribution in [0.3, 0.4) is 0 Å². The molecule has 0 spiro atoms. The van der Waals surface area contributed by atoms with Crippen LogP contribution in [-0.2, 0) is 33.8 Å². The molecule has 0 bridgehead atoms. The Kier molecular flexibility index (Phi) is 7.87. The molecule has 0 radical (unpaired) electrons. The number of halogens is 2. The maximum Gasteiger partial charge on any atom is 0.327 e. The van der Waals surface area contributed by atoms with Crippen molar-refractivity contribution < 1.29 is 23.0 Å². The minimum atomic E-state index is -2.58. The molecule has 0 saturated heterocycles. The maximum atomic E-state index is 12.3. The fraction of sp³-hybridized carbons (Fsp3) is 0.318. The topological polar surface area (TPSA) is 110 Å². The summed E-state index contributed by atoms with van der Waals surface area (Å²) in [6.07, 6.45) is 5.11. The summed E-state index contributed by atoms with van der Waals surface area (Å²) in [6, 6.07) is 7.98. The Morgan fingerprint density at radius 2 is 2.12 bits per heavy atom. The summed E-state index contributed by atoms with van der Waals surface area (Å²) < 4.78 is 38.8. The van der Waals surface area contributed by atoms with Crippen molar-refractivity contribution in [1.29, 1.82) is 0 Å². The molecule has 2 heterocycles. The number of pyridine rings is 1. The van der Waals surface area contributed by atoms with Crippen LogP contribution in [0.4, 0.5) is 5.69 Å². The van der Waals surface area contributed by atoms with Crippen molar-refractivity contribution in [2.75, 3.05) is 10.9 Å². The predicted octanol–water partition coefficient (Wildman–Crippen LogP) is 4.73. The Hall–Kier alpha value is -2.47. The Labute approximate surface area is 212 Å². The number of benzene rings is 1. The summed E-state index contributed by atoms with van der Waals surface area (Å²) in [4.78, 5) is 16.3. The normalized spacial score (nSPS) is 15.9. The van der Waals surface area contributed by atoms with Gasteiger partial charge in [0.05, 0.1) is 35.2 Å². The molecule has 2 aromatic heterocycles. The van der Waals surface area contributed by atoms with E-state index in [-0.39, 0.29) is 25.0 Å². The molecule has 9 nitrogen and oxygen atoms in total. The molecule has 1 aliphatic carbocycles. The van der Waals surface area contributed by atoms with Crippen LogP contribution in [0.15, 0.2) is 47.2 Å². The van der Waals surface area contributed by atoms with Crippen molar-refractivity contribution >= 4 is 50.5 Å².